The van der Waals surface area contributed by atoms with Gasteiger partial charge in [0.25, 0.3) is 0 Å². The van der Waals surface area contributed by atoms with E-state index in [4.69, 9.17) is 16.0 Å². The van der Waals surface area contributed by atoms with Gasteiger partial charge in [0.05, 0.1) is 6.21 Å². The highest BCUT2D eigenvalue weighted by atomic mass is 35.5. The van der Waals surface area contributed by atoms with Gasteiger partial charge in [-0.1, -0.05) is 35.5 Å². The Kier molecular flexibility index (Phi) is 5.55. The molecule has 0 unspecified atom stereocenters. The Balaban J connectivity index is 1.43. The fourth-order valence-corrected chi connectivity index (χ4v) is 3.38. The van der Waals surface area contributed by atoms with Crippen LogP contribution in [-0.4, -0.2) is 21.1 Å². The van der Waals surface area contributed by atoms with Crippen LogP contribution in [-0.2, 0) is 5.75 Å². The van der Waals surface area contributed by atoms with Crippen molar-refractivity contribution < 1.29 is 8.81 Å². The van der Waals surface area contributed by atoms with Crippen molar-refractivity contribution >= 4 is 29.6 Å². The van der Waals surface area contributed by atoms with Crippen LogP contribution in [0.25, 0.3) is 11.3 Å². The van der Waals surface area contributed by atoms with Crippen molar-refractivity contribution in [3.8, 4) is 11.3 Å². The zero-order chi connectivity index (χ0) is 19.3. The van der Waals surface area contributed by atoms with Crippen LogP contribution in [0.4, 0.5) is 4.39 Å². The molecule has 0 spiro atoms. The SMILES string of the molecule is Fc1ccc(-c2ccc(/C=N/n3cnnc3SCc3ccc(Cl)cc3)o2)cc1. The Hall–Kier alpha value is -2.90. The second-order valence-corrected chi connectivity index (χ2v) is 7.21. The number of benzene rings is 2. The van der Waals surface area contributed by atoms with Gasteiger partial charge < -0.3 is 4.42 Å². The minimum atomic E-state index is -0.284. The summed E-state index contributed by atoms with van der Waals surface area (Å²) < 4.78 is 20.4. The molecule has 0 atom stereocenters. The van der Waals surface area contributed by atoms with E-state index >= 15 is 0 Å². The lowest BCUT2D eigenvalue weighted by Crippen LogP contribution is -1.92. The first-order valence-electron chi connectivity index (χ1n) is 8.35. The monoisotopic (exact) mass is 412 g/mol. The van der Waals surface area contributed by atoms with E-state index < -0.39 is 0 Å². The minimum absolute atomic E-state index is 0.284. The van der Waals surface area contributed by atoms with Crippen molar-refractivity contribution in [3.05, 3.63) is 89.2 Å². The number of furan rings is 1. The van der Waals surface area contributed by atoms with E-state index in [1.165, 1.54) is 30.2 Å². The lowest BCUT2D eigenvalue weighted by molar-refractivity contribution is 0.573. The van der Waals surface area contributed by atoms with Gasteiger partial charge in [-0.15, -0.1) is 10.2 Å². The molecule has 0 saturated heterocycles. The van der Waals surface area contributed by atoms with Gasteiger partial charge in [-0.05, 0) is 54.1 Å². The minimum Gasteiger partial charge on any atom is -0.455 e. The fraction of sp³-hybridized carbons (Fsp3) is 0.0500. The number of nitrogens with zero attached hydrogens (tertiary/aromatic N) is 4. The van der Waals surface area contributed by atoms with Gasteiger partial charge in [0, 0.05) is 16.3 Å². The molecule has 4 aromatic rings. The molecule has 0 aliphatic heterocycles. The van der Waals surface area contributed by atoms with E-state index in [-0.39, 0.29) is 5.82 Å². The first-order valence-corrected chi connectivity index (χ1v) is 9.71. The number of halogens is 2. The molecule has 8 heteroatoms. The van der Waals surface area contributed by atoms with E-state index in [9.17, 15) is 4.39 Å². The van der Waals surface area contributed by atoms with Crippen LogP contribution in [0.2, 0.25) is 5.02 Å². The van der Waals surface area contributed by atoms with Crippen molar-refractivity contribution in [1.29, 1.82) is 0 Å². The summed E-state index contributed by atoms with van der Waals surface area (Å²) in [5, 5.41) is 13.7. The number of thioether (sulfide) groups is 1. The molecule has 0 amide bonds. The topological polar surface area (TPSA) is 56.2 Å². The standard InChI is InChI=1S/C20H14ClFN4OS/c21-16-5-1-14(2-6-16)12-28-20-25-23-13-26(20)24-11-18-9-10-19(27-18)15-3-7-17(22)8-4-15/h1-11,13H,12H2/b24-11+. The van der Waals surface area contributed by atoms with Gasteiger partial charge in [0.1, 0.15) is 23.7 Å². The van der Waals surface area contributed by atoms with Crippen molar-refractivity contribution in [1.82, 2.24) is 14.9 Å². The number of aromatic nitrogens is 3. The first-order chi connectivity index (χ1) is 13.7. The summed E-state index contributed by atoms with van der Waals surface area (Å²) in [7, 11) is 0. The normalized spacial score (nSPS) is 11.4. The third-order valence-corrected chi connectivity index (χ3v) is 5.10. The summed E-state index contributed by atoms with van der Waals surface area (Å²) in [4.78, 5) is 0. The Morgan fingerprint density at radius 2 is 1.86 bits per heavy atom. The van der Waals surface area contributed by atoms with E-state index in [1.807, 2.05) is 30.3 Å². The van der Waals surface area contributed by atoms with E-state index in [0.717, 1.165) is 16.9 Å². The molecule has 0 saturated carbocycles. The summed E-state index contributed by atoms with van der Waals surface area (Å²) in [5.41, 5.74) is 1.92. The molecule has 4 rings (SSSR count). The molecule has 0 bridgehead atoms. The quantitative estimate of drug-likeness (QED) is 0.309. The lowest BCUT2D eigenvalue weighted by atomic mass is 10.2. The smallest absolute Gasteiger partial charge is 0.212 e. The van der Waals surface area contributed by atoms with Crippen molar-refractivity contribution in [3.63, 3.8) is 0 Å². The zero-order valence-corrected chi connectivity index (χ0v) is 16.1. The average molecular weight is 413 g/mol. The fourth-order valence-electron chi connectivity index (χ4n) is 2.43. The van der Waals surface area contributed by atoms with Gasteiger partial charge in [-0.2, -0.15) is 9.78 Å². The van der Waals surface area contributed by atoms with Gasteiger partial charge in [-0.3, -0.25) is 0 Å². The Bertz CT molecular complexity index is 1090. The summed E-state index contributed by atoms with van der Waals surface area (Å²) in [6.45, 7) is 0. The summed E-state index contributed by atoms with van der Waals surface area (Å²) >= 11 is 7.42. The number of hydrogen-bond donors (Lipinski definition) is 0. The Labute approximate surface area is 169 Å². The molecule has 0 N–H and O–H groups in total. The van der Waals surface area contributed by atoms with Crippen molar-refractivity contribution in [2.24, 2.45) is 5.10 Å². The van der Waals surface area contributed by atoms with Crippen molar-refractivity contribution in [2.75, 3.05) is 0 Å². The van der Waals surface area contributed by atoms with Crippen LogP contribution >= 0.6 is 23.4 Å². The largest absolute Gasteiger partial charge is 0.455 e. The van der Waals surface area contributed by atoms with Crippen LogP contribution in [0.1, 0.15) is 11.3 Å². The molecule has 0 radical (unpaired) electrons. The Morgan fingerprint density at radius 1 is 1.07 bits per heavy atom. The number of hydrogen-bond acceptors (Lipinski definition) is 5. The summed E-state index contributed by atoms with van der Waals surface area (Å²) in [6.07, 6.45) is 3.12. The average Bonchev–Trinajstić information content (AvgIpc) is 3.36. The first kappa shape index (κ1) is 18.5. The van der Waals surface area contributed by atoms with E-state index in [2.05, 4.69) is 15.3 Å². The van der Waals surface area contributed by atoms with Gasteiger partial charge in [0.2, 0.25) is 5.16 Å². The Morgan fingerprint density at radius 3 is 2.64 bits per heavy atom. The van der Waals surface area contributed by atoms with E-state index in [1.54, 1.807) is 29.1 Å². The van der Waals surface area contributed by atoms with Crippen molar-refractivity contribution in [2.45, 2.75) is 10.9 Å². The molecule has 2 aromatic heterocycles. The van der Waals surface area contributed by atoms with Gasteiger partial charge in [-0.25, -0.2) is 4.39 Å². The molecule has 2 heterocycles. The maximum atomic E-state index is 13.0. The van der Waals surface area contributed by atoms with Crippen LogP contribution in [0, 0.1) is 5.82 Å². The third-order valence-electron chi connectivity index (χ3n) is 3.85. The van der Waals surface area contributed by atoms with Crippen LogP contribution in [0.15, 0.2) is 81.7 Å². The summed E-state index contributed by atoms with van der Waals surface area (Å²) in [6, 6.07) is 17.4. The molecule has 28 heavy (non-hydrogen) atoms. The number of rotatable bonds is 6. The molecule has 140 valence electrons. The van der Waals surface area contributed by atoms with Gasteiger partial charge in [0.15, 0.2) is 0 Å². The lowest BCUT2D eigenvalue weighted by Gasteiger charge is -2.01. The zero-order valence-electron chi connectivity index (χ0n) is 14.5. The molecular weight excluding hydrogens is 399 g/mol. The predicted octanol–water partition coefficient (Wildman–Crippen LogP) is 5.51. The molecule has 0 aliphatic carbocycles. The highest BCUT2D eigenvalue weighted by molar-refractivity contribution is 7.98. The van der Waals surface area contributed by atoms with Crippen LogP contribution in [0.5, 0.6) is 0 Å². The predicted molar refractivity (Wildman–Crippen MR) is 108 cm³/mol. The maximum absolute atomic E-state index is 13.0. The molecule has 5 nitrogen and oxygen atoms in total. The maximum Gasteiger partial charge on any atom is 0.212 e. The van der Waals surface area contributed by atoms with E-state index in [0.29, 0.717) is 21.7 Å². The third kappa shape index (κ3) is 4.49. The molecule has 2 aromatic carbocycles. The molecular formula is C20H14ClFN4OS. The highest BCUT2D eigenvalue weighted by Crippen LogP contribution is 2.23. The summed E-state index contributed by atoms with van der Waals surface area (Å²) in [5.74, 6) is 1.65. The van der Waals surface area contributed by atoms with Crippen LogP contribution in [0.3, 0.4) is 0 Å². The van der Waals surface area contributed by atoms with Gasteiger partial charge >= 0.3 is 0 Å². The molecule has 0 fully saturated rings. The van der Waals surface area contributed by atoms with Crippen LogP contribution < -0.4 is 0 Å². The molecule has 0 aliphatic rings. The second-order valence-electron chi connectivity index (χ2n) is 5.83. The highest BCUT2D eigenvalue weighted by Gasteiger charge is 2.06. The second kappa shape index (κ2) is 8.41.